The van der Waals surface area contributed by atoms with E-state index in [1.165, 1.54) is 0 Å². The number of halogens is 2. The Bertz CT molecular complexity index is 668. The number of amides is 1. The minimum absolute atomic E-state index is 0.181. The second-order valence-electron chi connectivity index (χ2n) is 4.79. The van der Waals surface area contributed by atoms with Crippen LogP contribution in [-0.4, -0.2) is 17.9 Å². The van der Waals surface area contributed by atoms with Gasteiger partial charge in [-0.2, -0.15) is 0 Å². The zero-order valence-corrected chi connectivity index (χ0v) is 12.9. The second-order valence-corrected chi connectivity index (χ2v) is 5.63. The summed E-state index contributed by atoms with van der Waals surface area (Å²) in [6.07, 6.45) is 0. The smallest absolute Gasteiger partial charge is 0.254 e. The first kappa shape index (κ1) is 15.5. The predicted octanol–water partition coefficient (Wildman–Crippen LogP) is 3.43. The molecule has 0 bridgehead atoms. The lowest BCUT2D eigenvalue weighted by atomic mass is 10.1. The molecule has 2 rings (SSSR count). The van der Waals surface area contributed by atoms with Gasteiger partial charge >= 0.3 is 0 Å². The summed E-state index contributed by atoms with van der Waals surface area (Å²) in [4.78, 5) is 13.9. The fourth-order valence-electron chi connectivity index (χ4n) is 2.00. The molecule has 0 radical (unpaired) electrons. The molecule has 2 aromatic rings. The lowest BCUT2D eigenvalue weighted by Gasteiger charge is -2.18. The van der Waals surface area contributed by atoms with Crippen LogP contribution in [0.25, 0.3) is 0 Å². The highest BCUT2D eigenvalue weighted by molar-refractivity contribution is 6.35. The molecule has 4 nitrogen and oxygen atoms in total. The summed E-state index contributed by atoms with van der Waals surface area (Å²) in [5, 5.41) is 1.08. The molecule has 0 spiro atoms. The highest BCUT2D eigenvalue weighted by Crippen LogP contribution is 2.23. The third-order valence-corrected chi connectivity index (χ3v) is 3.58. The predicted molar refractivity (Wildman–Crippen MR) is 87.5 cm³/mol. The van der Waals surface area contributed by atoms with Crippen LogP contribution < -0.4 is 11.5 Å². The zero-order valence-electron chi connectivity index (χ0n) is 11.4. The monoisotopic (exact) mass is 323 g/mol. The van der Waals surface area contributed by atoms with E-state index < -0.39 is 0 Å². The molecule has 0 saturated carbocycles. The van der Waals surface area contributed by atoms with Crippen molar-refractivity contribution in [3.8, 4) is 0 Å². The van der Waals surface area contributed by atoms with Crippen LogP contribution in [-0.2, 0) is 6.54 Å². The summed E-state index contributed by atoms with van der Waals surface area (Å²) in [5.41, 5.74) is 13.6. The first-order valence-corrected chi connectivity index (χ1v) is 6.98. The Kier molecular flexibility index (Phi) is 4.60. The van der Waals surface area contributed by atoms with Gasteiger partial charge in [-0.3, -0.25) is 4.79 Å². The van der Waals surface area contributed by atoms with Crippen LogP contribution in [0.2, 0.25) is 10.0 Å². The minimum Gasteiger partial charge on any atom is -0.399 e. The number of hydrogen-bond donors (Lipinski definition) is 2. The average molecular weight is 324 g/mol. The molecule has 4 N–H and O–H groups in total. The van der Waals surface area contributed by atoms with E-state index in [4.69, 9.17) is 34.7 Å². The van der Waals surface area contributed by atoms with Gasteiger partial charge in [0.2, 0.25) is 0 Å². The van der Waals surface area contributed by atoms with Crippen molar-refractivity contribution in [1.29, 1.82) is 0 Å². The largest absolute Gasteiger partial charge is 0.399 e. The Morgan fingerprint density at radius 3 is 2.29 bits per heavy atom. The van der Waals surface area contributed by atoms with Gasteiger partial charge in [-0.05, 0) is 35.9 Å². The maximum Gasteiger partial charge on any atom is 0.254 e. The molecule has 0 aromatic heterocycles. The average Bonchev–Trinajstić information content (AvgIpc) is 2.40. The molecule has 6 heteroatoms. The van der Waals surface area contributed by atoms with E-state index in [9.17, 15) is 4.79 Å². The Hall–Kier alpha value is -1.91. The minimum atomic E-state index is -0.181. The van der Waals surface area contributed by atoms with Crippen LogP contribution in [0.15, 0.2) is 36.4 Å². The third kappa shape index (κ3) is 3.80. The van der Waals surface area contributed by atoms with Crippen molar-refractivity contribution in [2.45, 2.75) is 6.54 Å². The Morgan fingerprint density at radius 1 is 1.10 bits per heavy atom. The van der Waals surface area contributed by atoms with E-state index >= 15 is 0 Å². The summed E-state index contributed by atoms with van der Waals surface area (Å²) in [6.45, 7) is 0.365. The van der Waals surface area contributed by atoms with Crippen molar-refractivity contribution >= 4 is 40.5 Å². The number of carbonyl (C=O) groups is 1. The molecule has 1 amide bonds. The number of nitrogen functional groups attached to an aromatic ring is 2. The third-order valence-electron chi connectivity index (χ3n) is 2.99. The van der Waals surface area contributed by atoms with E-state index in [-0.39, 0.29) is 5.91 Å². The number of hydrogen-bond acceptors (Lipinski definition) is 3. The molecule has 110 valence electrons. The normalized spacial score (nSPS) is 10.4. The van der Waals surface area contributed by atoms with Crippen molar-refractivity contribution in [1.82, 2.24) is 4.90 Å². The number of carbonyl (C=O) groups excluding carboxylic acids is 1. The summed E-state index contributed by atoms with van der Waals surface area (Å²) < 4.78 is 0. The van der Waals surface area contributed by atoms with Gasteiger partial charge in [-0.25, -0.2) is 0 Å². The summed E-state index contributed by atoms with van der Waals surface area (Å²) in [5.74, 6) is -0.181. The van der Waals surface area contributed by atoms with Crippen LogP contribution >= 0.6 is 23.2 Å². The van der Waals surface area contributed by atoms with Gasteiger partial charge in [-0.15, -0.1) is 0 Å². The van der Waals surface area contributed by atoms with Gasteiger partial charge in [-0.1, -0.05) is 29.3 Å². The highest BCUT2D eigenvalue weighted by atomic mass is 35.5. The first-order chi connectivity index (χ1) is 9.86. The number of nitrogens with two attached hydrogens (primary N) is 2. The fraction of sp³-hybridized carbons (Fsp3) is 0.133. The maximum atomic E-state index is 12.4. The van der Waals surface area contributed by atoms with Crippen LogP contribution in [0.1, 0.15) is 15.9 Å². The van der Waals surface area contributed by atoms with E-state index in [1.807, 2.05) is 0 Å². The van der Waals surface area contributed by atoms with E-state index in [0.717, 1.165) is 5.56 Å². The molecular formula is C15H15Cl2N3O. The Labute approximate surface area is 133 Å². The van der Waals surface area contributed by atoms with Crippen LogP contribution in [0.4, 0.5) is 11.4 Å². The molecule has 0 aliphatic carbocycles. The van der Waals surface area contributed by atoms with Crippen LogP contribution in [0.5, 0.6) is 0 Å². The number of nitrogens with zero attached hydrogens (tertiary/aromatic N) is 1. The Morgan fingerprint density at radius 2 is 1.71 bits per heavy atom. The fourth-order valence-corrected chi connectivity index (χ4v) is 2.47. The van der Waals surface area contributed by atoms with Gasteiger partial charge in [0.15, 0.2) is 0 Å². The van der Waals surface area contributed by atoms with Gasteiger partial charge in [0, 0.05) is 40.6 Å². The Balaban J connectivity index is 2.19. The van der Waals surface area contributed by atoms with Crippen molar-refractivity contribution in [2.75, 3.05) is 18.5 Å². The second kappa shape index (κ2) is 6.24. The van der Waals surface area contributed by atoms with Gasteiger partial charge in [0.25, 0.3) is 5.91 Å². The van der Waals surface area contributed by atoms with Crippen LogP contribution in [0.3, 0.4) is 0 Å². The SMILES string of the molecule is CN(Cc1ccc(Cl)cc1Cl)C(=O)c1cc(N)cc(N)c1. The lowest BCUT2D eigenvalue weighted by molar-refractivity contribution is 0.0785. The van der Waals surface area contributed by atoms with Gasteiger partial charge in [0.05, 0.1) is 0 Å². The maximum absolute atomic E-state index is 12.4. The molecule has 0 heterocycles. The molecule has 0 saturated heterocycles. The van der Waals surface area contributed by atoms with E-state index in [2.05, 4.69) is 0 Å². The summed E-state index contributed by atoms with van der Waals surface area (Å²) >= 11 is 12.0. The molecule has 0 aliphatic heterocycles. The number of anilines is 2. The van der Waals surface area contributed by atoms with Crippen LogP contribution in [0, 0.1) is 0 Å². The summed E-state index contributed by atoms with van der Waals surface area (Å²) in [7, 11) is 1.69. The molecule has 2 aromatic carbocycles. The molecule has 0 unspecified atom stereocenters. The zero-order chi connectivity index (χ0) is 15.6. The lowest BCUT2D eigenvalue weighted by Crippen LogP contribution is -2.26. The summed E-state index contributed by atoms with van der Waals surface area (Å²) in [6, 6.07) is 9.97. The van der Waals surface area contributed by atoms with Gasteiger partial charge in [0.1, 0.15) is 0 Å². The first-order valence-electron chi connectivity index (χ1n) is 6.22. The van der Waals surface area contributed by atoms with Crippen molar-refractivity contribution in [3.63, 3.8) is 0 Å². The quantitative estimate of drug-likeness (QED) is 0.850. The number of benzene rings is 2. The molecule has 0 aliphatic rings. The topological polar surface area (TPSA) is 72.3 Å². The standard InChI is InChI=1S/C15H15Cl2N3O/c1-20(8-9-2-3-11(16)6-14(9)17)15(21)10-4-12(18)7-13(19)5-10/h2-7H,8,18-19H2,1H3. The molecule has 21 heavy (non-hydrogen) atoms. The molecular weight excluding hydrogens is 309 g/mol. The van der Waals surface area contributed by atoms with E-state index in [0.29, 0.717) is 33.5 Å². The highest BCUT2D eigenvalue weighted by Gasteiger charge is 2.14. The van der Waals surface area contributed by atoms with Crippen molar-refractivity contribution in [2.24, 2.45) is 0 Å². The van der Waals surface area contributed by atoms with Gasteiger partial charge < -0.3 is 16.4 Å². The van der Waals surface area contributed by atoms with Crippen molar-refractivity contribution < 1.29 is 4.79 Å². The molecule has 0 fully saturated rings. The van der Waals surface area contributed by atoms with E-state index in [1.54, 1.807) is 48.3 Å². The molecule has 0 atom stereocenters. The number of rotatable bonds is 3. The van der Waals surface area contributed by atoms with Crippen molar-refractivity contribution in [3.05, 3.63) is 57.6 Å².